The van der Waals surface area contributed by atoms with Gasteiger partial charge in [0.15, 0.2) is 0 Å². The maximum atomic E-state index is 11.2. The topological polar surface area (TPSA) is 84.3 Å². The molecule has 6 heteroatoms. The number of aliphatic carboxylic acids is 1. The Morgan fingerprint density at radius 1 is 1.73 bits per heavy atom. The number of hydrogen-bond donors (Lipinski definition) is 2. The normalized spacial score (nSPS) is 12.6. The van der Waals surface area contributed by atoms with Gasteiger partial charge >= 0.3 is 11.7 Å². The molecule has 15 heavy (non-hydrogen) atoms. The maximum absolute atomic E-state index is 11.2. The predicted octanol–water partition coefficient (Wildman–Crippen LogP) is 0.229. The Bertz CT molecular complexity index is 368. The van der Waals surface area contributed by atoms with Gasteiger partial charge in [0, 0.05) is 26.1 Å². The van der Waals surface area contributed by atoms with Gasteiger partial charge in [0.1, 0.15) is 6.04 Å². The van der Waals surface area contributed by atoms with Crippen LogP contribution >= 0.6 is 0 Å². The van der Waals surface area contributed by atoms with Gasteiger partial charge in [0.25, 0.3) is 0 Å². The van der Waals surface area contributed by atoms with Crippen LogP contribution in [0.2, 0.25) is 0 Å². The summed E-state index contributed by atoms with van der Waals surface area (Å²) >= 11 is 0. The summed E-state index contributed by atoms with van der Waals surface area (Å²) in [5.41, 5.74) is -0.403. The molecule has 0 spiro atoms. The summed E-state index contributed by atoms with van der Waals surface area (Å²) in [5, 5.41) is 8.95. The first-order valence-electron chi connectivity index (χ1n) is 4.64. The van der Waals surface area contributed by atoms with E-state index in [0.29, 0.717) is 19.4 Å². The van der Waals surface area contributed by atoms with E-state index in [1.165, 1.54) is 17.0 Å². The number of imidazole rings is 1. The van der Waals surface area contributed by atoms with Crippen molar-refractivity contribution in [3.63, 3.8) is 0 Å². The van der Waals surface area contributed by atoms with Crippen LogP contribution in [0.1, 0.15) is 18.9 Å². The molecular formula is C9H14N2O4. The van der Waals surface area contributed by atoms with Crippen LogP contribution < -0.4 is 5.69 Å². The average molecular weight is 214 g/mol. The molecule has 0 bridgehead atoms. The largest absolute Gasteiger partial charge is 0.480 e. The van der Waals surface area contributed by atoms with E-state index >= 15 is 0 Å². The summed E-state index contributed by atoms with van der Waals surface area (Å²) in [6.07, 6.45) is 3.84. The van der Waals surface area contributed by atoms with Crippen molar-refractivity contribution in [3.8, 4) is 0 Å². The minimum Gasteiger partial charge on any atom is -0.480 e. The third-order valence-corrected chi connectivity index (χ3v) is 2.12. The molecule has 1 unspecified atom stereocenters. The molecule has 1 heterocycles. The van der Waals surface area contributed by atoms with Gasteiger partial charge in [0.05, 0.1) is 0 Å². The molecule has 0 aromatic carbocycles. The minimum absolute atomic E-state index is 0.376. The number of carbonyl (C=O) groups is 1. The maximum Gasteiger partial charge on any atom is 0.326 e. The zero-order valence-corrected chi connectivity index (χ0v) is 8.47. The number of aromatic amines is 1. The van der Waals surface area contributed by atoms with Crippen molar-refractivity contribution < 1.29 is 14.6 Å². The average Bonchev–Trinajstić information content (AvgIpc) is 2.59. The van der Waals surface area contributed by atoms with Gasteiger partial charge in [-0.25, -0.2) is 9.59 Å². The second kappa shape index (κ2) is 5.35. The first-order valence-corrected chi connectivity index (χ1v) is 4.64. The second-order valence-corrected chi connectivity index (χ2v) is 3.16. The highest BCUT2D eigenvalue weighted by Crippen LogP contribution is 2.11. The van der Waals surface area contributed by atoms with E-state index in [1.54, 1.807) is 7.11 Å². The van der Waals surface area contributed by atoms with Crippen molar-refractivity contribution in [3.05, 3.63) is 22.9 Å². The second-order valence-electron chi connectivity index (χ2n) is 3.16. The molecule has 0 saturated heterocycles. The summed E-state index contributed by atoms with van der Waals surface area (Å²) in [7, 11) is 1.55. The van der Waals surface area contributed by atoms with Gasteiger partial charge in [-0.15, -0.1) is 0 Å². The fraction of sp³-hybridized carbons (Fsp3) is 0.556. The number of carboxylic acids is 1. The molecular weight excluding hydrogens is 200 g/mol. The van der Waals surface area contributed by atoms with Gasteiger partial charge in [-0.2, -0.15) is 0 Å². The van der Waals surface area contributed by atoms with Crippen LogP contribution in [0.5, 0.6) is 0 Å². The fourth-order valence-corrected chi connectivity index (χ4v) is 1.38. The monoisotopic (exact) mass is 214 g/mol. The fourth-order valence-electron chi connectivity index (χ4n) is 1.38. The SMILES string of the molecule is COCCCC(C(=O)O)n1cc[nH]c1=O. The van der Waals surface area contributed by atoms with Crippen molar-refractivity contribution in [1.82, 2.24) is 9.55 Å². The van der Waals surface area contributed by atoms with Gasteiger partial charge in [-0.1, -0.05) is 0 Å². The molecule has 0 amide bonds. The third kappa shape index (κ3) is 2.95. The highest BCUT2D eigenvalue weighted by atomic mass is 16.5. The van der Waals surface area contributed by atoms with E-state index in [4.69, 9.17) is 9.84 Å². The lowest BCUT2D eigenvalue weighted by Crippen LogP contribution is -2.27. The number of methoxy groups -OCH3 is 1. The van der Waals surface area contributed by atoms with Crippen LogP contribution in [0.15, 0.2) is 17.2 Å². The Kier molecular flexibility index (Phi) is 4.11. The van der Waals surface area contributed by atoms with Crippen LogP contribution in [-0.4, -0.2) is 34.3 Å². The van der Waals surface area contributed by atoms with E-state index in [2.05, 4.69) is 4.98 Å². The van der Waals surface area contributed by atoms with Crippen molar-refractivity contribution in [2.75, 3.05) is 13.7 Å². The van der Waals surface area contributed by atoms with E-state index in [9.17, 15) is 9.59 Å². The van der Waals surface area contributed by atoms with Gasteiger partial charge in [0.2, 0.25) is 0 Å². The molecule has 1 rings (SSSR count). The Hall–Kier alpha value is -1.56. The lowest BCUT2D eigenvalue weighted by molar-refractivity contribution is -0.141. The number of aromatic nitrogens is 2. The minimum atomic E-state index is -1.01. The molecule has 0 aliphatic heterocycles. The van der Waals surface area contributed by atoms with Crippen LogP contribution in [-0.2, 0) is 9.53 Å². The highest BCUT2D eigenvalue weighted by molar-refractivity contribution is 5.71. The summed E-state index contributed by atoms with van der Waals surface area (Å²) < 4.78 is 6.01. The number of nitrogens with zero attached hydrogens (tertiary/aromatic N) is 1. The van der Waals surface area contributed by atoms with E-state index in [-0.39, 0.29) is 0 Å². The Labute approximate surface area is 86.5 Å². The molecule has 1 aromatic heterocycles. The molecule has 0 aliphatic carbocycles. The van der Waals surface area contributed by atoms with E-state index in [1.807, 2.05) is 0 Å². The molecule has 0 saturated carbocycles. The molecule has 2 N–H and O–H groups in total. The smallest absolute Gasteiger partial charge is 0.326 e. The van der Waals surface area contributed by atoms with E-state index < -0.39 is 17.7 Å². The molecule has 1 aromatic rings. The number of rotatable bonds is 6. The summed E-state index contributed by atoms with van der Waals surface area (Å²) in [4.78, 5) is 24.5. The molecule has 0 fully saturated rings. The number of hydrogen-bond acceptors (Lipinski definition) is 3. The molecule has 0 radical (unpaired) electrons. The lowest BCUT2D eigenvalue weighted by atomic mass is 10.1. The molecule has 1 atom stereocenters. The van der Waals surface area contributed by atoms with Crippen molar-refractivity contribution in [2.45, 2.75) is 18.9 Å². The number of nitrogens with one attached hydrogen (secondary N) is 1. The van der Waals surface area contributed by atoms with Crippen molar-refractivity contribution in [1.29, 1.82) is 0 Å². The van der Waals surface area contributed by atoms with Crippen molar-refractivity contribution in [2.24, 2.45) is 0 Å². The standard InChI is InChI=1S/C9H14N2O4/c1-15-6-2-3-7(8(12)13)11-5-4-10-9(11)14/h4-5,7H,2-3,6H2,1H3,(H,10,14)(H,12,13). The van der Waals surface area contributed by atoms with Crippen LogP contribution in [0, 0.1) is 0 Å². The predicted molar refractivity (Wildman–Crippen MR) is 52.8 cm³/mol. The first-order chi connectivity index (χ1) is 7.16. The quantitative estimate of drug-likeness (QED) is 0.664. The number of H-pyrrole nitrogens is 1. The van der Waals surface area contributed by atoms with Crippen molar-refractivity contribution >= 4 is 5.97 Å². The van der Waals surface area contributed by atoms with E-state index in [0.717, 1.165) is 0 Å². The molecule has 6 nitrogen and oxygen atoms in total. The Morgan fingerprint density at radius 2 is 2.47 bits per heavy atom. The number of ether oxygens (including phenoxy) is 1. The lowest BCUT2D eigenvalue weighted by Gasteiger charge is -2.12. The number of carboxylic acid groups (broad SMARTS) is 1. The Balaban J connectivity index is 2.71. The highest BCUT2D eigenvalue weighted by Gasteiger charge is 2.20. The van der Waals surface area contributed by atoms with Crippen LogP contribution in [0.25, 0.3) is 0 Å². The van der Waals surface area contributed by atoms with Crippen LogP contribution in [0.3, 0.4) is 0 Å². The van der Waals surface area contributed by atoms with Gasteiger partial charge < -0.3 is 14.8 Å². The summed E-state index contributed by atoms with van der Waals surface area (Å²) in [6, 6.07) is -0.820. The first kappa shape index (κ1) is 11.5. The van der Waals surface area contributed by atoms with Gasteiger partial charge in [-0.05, 0) is 12.8 Å². The zero-order valence-electron chi connectivity index (χ0n) is 8.47. The Morgan fingerprint density at radius 3 is 2.93 bits per heavy atom. The zero-order chi connectivity index (χ0) is 11.3. The third-order valence-electron chi connectivity index (χ3n) is 2.12. The molecule has 84 valence electrons. The summed E-state index contributed by atoms with van der Waals surface area (Å²) in [6.45, 7) is 0.489. The van der Waals surface area contributed by atoms with Gasteiger partial charge in [-0.3, -0.25) is 4.57 Å². The summed E-state index contributed by atoms with van der Waals surface area (Å²) in [5.74, 6) is -1.01. The van der Waals surface area contributed by atoms with Crippen LogP contribution in [0.4, 0.5) is 0 Å². The molecule has 0 aliphatic rings.